The number of carbonyl (C=O) groups is 1. The van der Waals surface area contributed by atoms with Crippen LogP contribution in [0.25, 0.3) is 0 Å². The normalized spacial score (nSPS) is 10.2. The lowest BCUT2D eigenvalue weighted by Gasteiger charge is -2.18. The minimum absolute atomic E-state index is 0.00480. The lowest BCUT2D eigenvalue weighted by molar-refractivity contribution is -0.132. The first kappa shape index (κ1) is 17.2. The fourth-order valence-corrected chi connectivity index (χ4v) is 2.13. The molecule has 2 aromatic carbocycles. The largest absolute Gasteiger partial charge is 0.494 e. The summed E-state index contributed by atoms with van der Waals surface area (Å²) in [4.78, 5) is 13.7. The highest BCUT2D eigenvalue weighted by Gasteiger charge is 2.10. The maximum Gasteiger partial charge on any atom is 0.260 e. The van der Waals surface area contributed by atoms with Gasteiger partial charge in [0.05, 0.1) is 6.61 Å². The van der Waals surface area contributed by atoms with E-state index in [9.17, 15) is 4.79 Å². The predicted molar refractivity (Wildman–Crippen MR) is 91.0 cm³/mol. The number of halogens is 1. The van der Waals surface area contributed by atoms with Crippen LogP contribution in [0.5, 0.6) is 11.5 Å². The van der Waals surface area contributed by atoms with E-state index in [1.807, 2.05) is 31.2 Å². The molecule has 0 aliphatic rings. The maximum atomic E-state index is 12.1. The van der Waals surface area contributed by atoms with Crippen molar-refractivity contribution in [2.45, 2.75) is 13.5 Å². The van der Waals surface area contributed by atoms with Gasteiger partial charge >= 0.3 is 0 Å². The first-order valence-electron chi connectivity index (χ1n) is 7.42. The fraction of sp³-hybridized carbons (Fsp3) is 0.278. The lowest BCUT2D eigenvalue weighted by atomic mass is 10.2. The Morgan fingerprint density at radius 2 is 1.57 bits per heavy atom. The van der Waals surface area contributed by atoms with Crippen molar-refractivity contribution in [3.8, 4) is 11.5 Å². The van der Waals surface area contributed by atoms with Gasteiger partial charge in [-0.15, -0.1) is 0 Å². The zero-order valence-electron chi connectivity index (χ0n) is 13.3. The Kier molecular flexibility index (Phi) is 6.29. The highest BCUT2D eigenvalue weighted by atomic mass is 35.5. The summed E-state index contributed by atoms with van der Waals surface area (Å²) in [5.41, 5.74) is 1.04. The molecule has 0 saturated carbocycles. The van der Waals surface area contributed by atoms with E-state index >= 15 is 0 Å². The number of hydrogen-bond donors (Lipinski definition) is 0. The highest BCUT2D eigenvalue weighted by molar-refractivity contribution is 6.30. The molecule has 0 bridgehead atoms. The molecule has 2 rings (SSSR count). The summed E-state index contributed by atoms with van der Waals surface area (Å²) in [6.07, 6.45) is 0. The Labute approximate surface area is 141 Å². The molecule has 0 fully saturated rings. The Balaban J connectivity index is 1.83. The third-order valence-electron chi connectivity index (χ3n) is 3.26. The molecule has 0 saturated heterocycles. The predicted octanol–water partition coefficient (Wildman–Crippen LogP) is 3.78. The fourth-order valence-electron chi connectivity index (χ4n) is 2.01. The Hall–Kier alpha value is -2.20. The first-order valence-corrected chi connectivity index (χ1v) is 7.80. The molecule has 0 heterocycles. The summed E-state index contributed by atoms with van der Waals surface area (Å²) in [6.45, 7) is 3.10. The van der Waals surface area contributed by atoms with Crippen molar-refractivity contribution in [2.75, 3.05) is 20.3 Å². The molecule has 0 atom stereocenters. The lowest BCUT2D eigenvalue weighted by Crippen LogP contribution is -2.30. The van der Waals surface area contributed by atoms with E-state index < -0.39 is 0 Å². The molecule has 0 aliphatic heterocycles. The molecular formula is C18H20ClNO3. The molecule has 5 heteroatoms. The van der Waals surface area contributed by atoms with Gasteiger partial charge in [0.2, 0.25) is 0 Å². The van der Waals surface area contributed by atoms with Crippen molar-refractivity contribution in [1.82, 2.24) is 4.90 Å². The Bertz CT molecular complexity index is 626. The van der Waals surface area contributed by atoms with Crippen LogP contribution in [0.2, 0.25) is 5.02 Å². The number of amides is 1. The van der Waals surface area contributed by atoms with Crippen LogP contribution in [-0.4, -0.2) is 31.1 Å². The van der Waals surface area contributed by atoms with Crippen LogP contribution in [0.1, 0.15) is 12.5 Å². The molecule has 0 aromatic heterocycles. The van der Waals surface area contributed by atoms with E-state index in [-0.39, 0.29) is 12.5 Å². The second-order valence-electron chi connectivity index (χ2n) is 5.07. The summed E-state index contributed by atoms with van der Waals surface area (Å²) in [7, 11) is 1.75. The van der Waals surface area contributed by atoms with E-state index in [1.54, 1.807) is 36.2 Å². The number of likely N-dealkylation sites (N-methyl/N-ethyl adjacent to an activating group) is 1. The quantitative estimate of drug-likeness (QED) is 0.774. The number of nitrogens with zero attached hydrogens (tertiary/aromatic N) is 1. The van der Waals surface area contributed by atoms with Gasteiger partial charge in [0.15, 0.2) is 6.61 Å². The molecule has 4 nitrogen and oxygen atoms in total. The number of carbonyl (C=O) groups excluding carboxylic acids is 1. The van der Waals surface area contributed by atoms with Crippen molar-refractivity contribution in [3.63, 3.8) is 0 Å². The second-order valence-corrected chi connectivity index (χ2v) is 5.51. The highest BCUT2D eigenvalue weighted by Crippen LogP contribution is 2.16. The SMILES string of the molecule is CCOc1ccc(CN(C)C(=O)COc2ccc(Cl)cc2)cc1. The number of benzene rings is 2. The monoisotopic (exact) mass is 333 g/mol. The van der Waals surface area contributed by atoms with Crippen LogP contribution in [0.4, 0.5) is 0 Å². The van der Waals surface area contributed by atoms with Crippen LogP contribution in [-0.2, 0) is 11.3 Å². The second kappa shape index (κ2) is 8.44. The van der Waals surface area contributed by atoms with Crippen LogP contribution < -0.4 is 9.47 Å². The maximum absolute atomic E-state index is 12.1. The molecule has 0 radical (unpaired) electrons. The van der Waals surface area contributed by atoms with E-state index in [0.717, 1.165) is 11.3 Å². The third-order valence-corrected chi connectivity index (χ3v) is 3.51. The summed E-state index contributed by atoms with van der Waals surface area (Å²) in [6, 6.07) is 14.6. The van der Waals surface area contributed by atoms with Crippen molar-refractivity contribution in [2.24, 2.45) is 0 Å². The summed E-state index contributed by atoms with van der Waals surface area (Å²) in [5.74, 6) is 1.36. The van der Waals surface area contributed by atoms with Gasteiger partial charge in [-0.05, 0) is 48.9 Å². The summed E-state index contributed by atoms with van der Waals surface area (Å²) in [5, 5.41) is 0.635. The average molecular weight is 334 g/mol. The van der Waals surface area contributed by atoms with Gasteiger partial charge in [0, 0.05) is 18.6 Å². The zero-order valence-corrected chi connectivity index (χ0v) is 14.0. The van der Waals surface area contributed by atoms with Crippen molar-refractivity contribution in [3.05, 3.63) is 59.1 Å². The van der Waals surface area contributed by atoms with E-state index in [4.69, 9.17) is 21.1 Å². The van der Waals surface area contributed by atoms with E-state index in [0.29, 0.717) is 23.9 Å². The minimum Gasteiger partial charge on any atom is -0.494 e. The van der Waals surface area contributed by atoms with E-state index in [1.165, 1.54) is 0 Å². The topological polar surface area (TPSA) is 38.8 Å². The summed E-state index contributed by atoms with van der Waals surface area (Å²) < 4.78 is 10.9. The third kappa shape index (κ3) is 5.49. The summed E-state index contributed by atoms with van der Waals surface area (Å²) >= 11 is 5.81. The standard InChI is InChI=1S/C18H20ClNO3/c1-3-22-16-8-4-14(5-9-16)12-20(2)18(21)13-23-17-10-6-15(19)7-11-17/h4-11H,3,12-13H2,1-2H3. The van der Waals surface area contributed by atoms with Crippen LogP contribution in [0.15, 0.2) is 48.5 Å². The molecular weight excluding hydrogens is 314 g/mol. The van der Waals surface area contributed by atoms with Gasteiger partial charge in [-0.3, -0.25) is 4.79 Å². The molecule has 2 aromatic rings. The number of rotatable bonds is 7. The molecule has 122 valence electrons. The van der Waals surface area contributed by atoms with Crippen molar-refractivity contribution in [1.29, 1.82) is 0 Å². The Morgan fingerprint density at radius 3 is 2.17 bits per heavy atom. The smallest absolute Gasteiger partial charge is 0.260 e. The molecule has 1 amide bonds. The van der Waals surface area contributed by atoms with E-state index in [2.05, 4.69) is 0 Å². The van der Waals surface area contributed by atoms with Gasteiger partial charge in [-0.1, -0.05) is 23.7 Å². The van der Waals surface area contributed by atoms with Crippen LogP contribution in [0.3, 0.4) is 0 Å². The van der Waals surface area contributed by atoms with Crippen LogP contribution in [0, 0.1) is 0 Å². The van der Waals surface area contributed by atoms with Gasteiger partial charge in [-0.2, -0.15) is 0 Å². The van der Waals surface area contributed by atoms with Crippen molar-refractivity contribution < 1.29 is 14.3 Å². The van der Waals surface area contributed by atoms with Gasteiger partial charge in [-0.25, -0.2) is 0 Å². The minimum atomic E-state index is -0.0890. The molecule has 0 N–H and O–H groups in total. The zero-order chi connectivity index (χ0) is 16.7. The molecule has 0 aliphatic carbocycles. The van der Waals surface area contributed by atoms with Gasteiger partial charge in [0.1, 0.15) is 11.5 Å². The Morgan fingerprint density at radius 1 is 1.00 bits per heavy atom. The number of hydrogen-bond acceptors (Lipinski definition) is 3. The van der Waals surface area contributed by atoms with Crippen molar-refractivity contribution >= 4 is 17.5 Å². The van der Waals surface area contributed by atoms with Gasteiger partial charge in [0.25, 0.3) is 5.91 Å². The van der Waals surface area contributed by atoms with Crippen LogP contribution >= 0.6 is 11.6 Å². The molecule has 23 heavy (non-hydrogen) atoms. The molecule has 0 spiro atoms. The molecule has 0 unspecified atom stereocenters. The first-order chi connectivity index (χ1) is 11.1. The number of ether oxygens (including phenoxy) is 2. The average Bonchev–Trinajstić information content (AvgIpc) is 2.56. The van der Waals surface area contributed by atoms with Gasteiger partial charge < -0.3 is 14.4 Å².